The van der Waals surface area contributed by atoms with Gasteiger partial charge in [-0.25, -0.2) is 9.78 Å². The summed E-state index contributed by atoms with van der Waals surface area (Å²) in [4.78, 5) is 16.8. The van der Waals surface area contributed by atoms with Gasteiger partial charge in [-0.1, -0.05) is 18.2 Å². The second kappa shape index (κ2) is 11.1. The highest BCUT2D eigenvalue weighted by Gasteiger charge is 2.30. The van der Waals surface area contributed by atoms with Crippen molar-refractivity contribution in [3.8, 4) is 22.1 Å². The largest absolute Gasteiger partial charge is 0.496 e. The molecule has 0 aliphatic carbocycles. The first-order valence-corrected chi connectivity index (χ1v) is 11.7. The van der Waals surface area contributed by atoms with Gasteiger partial charge in [0.15, 0.2) is 6.10 Å². The van der Waals surface area contributed by atoms with Crippen LogP contribution < -0.4 is 9.47 Å². The number of ether oxygens (including phenoxy) is 3. The average Bonchev–Trinajstić information content (AvgIpc) is 3.20. The molecule has 0 spiro atoms. The van der Waals surface area contributed by atoms with Crippen LogP contribution in [0.1, 0.15) is 41.6 Å². The summed E-state index contributed by atoms with van der Waals surface area (Å²) >= 11 is 1.35. The maximum Gasteiger partial charge on any atom is 0.416 e. The number of hydrogen-bond acceptors (Lipinski definition) is 6. The predicted octanol–water partition coefficient (Wildman–Crippen LogP) is 6.32. The van der Waals surface area contributed by atoms with Crippen molar-refractivity contribution in [1.82, 2.24) is 4.98 Å². The van der Waals surface area contributed by atoms with E-state index in [9.17, 15) is 23.1 Å². The highest BCUT2D eigenvalue weighted by Crippen LogP contribution is 2.37. The molecule has 0 amide bonds. The zero-order valence-electron chi connectivity index (χ0n) is 19.7. The van der Waals surface area contributed by atoms with Crippen molar-refractivity contribution < 1.29 is 37.3 Å². The third-order valence-electron chi connectivity index (χ3n) is 5.28. The molecule has 0 bridgehead atoms. The van der Waals surface area contributed by atoms with Crippen molar-refractivity contribution in [2.45, 2.75) is 45.6 Å². The lowest BCUT2D eigenvalue weighted by atomic mass is 10.1. The molecule has 188 valence electrons. The van der Waals surface area contributed by atoms with E-state index in [0.717, 1.165) is 22.7 Å². The van der Waals surface area contributed by atoms with Gasteiger partial charge >= 0.3 is 12.1 Å². The molecule has 0 saturated carbocycles. The average molecular weight is 510 g/mol. The van der Waals surface area contributed by atoms with Crippen LogP contribution in [0.2, 0.25) is 0 Å². The minimum absolute atomic E-state index is 0.145. The topological polar surface area (TPSA) is 77.9 Å². The Morgan fingerprint density at radius 2 is 1.86 bits per heavy atom. The zero-order valence-corrected chi connectivity index (χ0v) is 20.5. The maximum atomic E-state index is 12.8. The number of carboxylic acid groups (broad SMARTS) is 1. The Bertz CT molecular complexity index is 1160. The summed E-state index contributed by atoms with van der Waals surface area (Å²) < 4.78 is 55.3. The van der Waals surface area contributed by atoms with E-state index in [1.807, 2.05) is 13.8 Å². The Morgan fingerprint density at radius 3 is 2.43 bits per heavy atom. The van der Waals surface area contributed by atoms with E-state index >= 15 is 0 Å². The van der Waals surface area contributed by atoms with Crippen molar-refractivity contribution in [2.24, 2.45) is 0 Å². The zero-order chi connectivity index (χ0) is 25.8. The first-order valence-electron chi connectivity index (χ1n) is 10.9. The second-order valence-corrected chi connectivity index (χ2v) is 8.79. The molecule has 0 radical (unpaired) electrons. The molecule has 0 saturated heterocycles. The fourth-order valence-electron chi connectivity index (χ4n) is 3.55. The Morgan fingerprint density at radius 1 is 1.17 bits per heavy atom. The van der Waals surface area contributed by atoms with Crippen molar-refractivity contribution in [3.05, 3.63) is 64.2 Å². The number of thiazole rings is 1. The number of aliphatic carboxylic acids is 1. The normalized spacial score (nSPS) is 13.3. The summed E-state index contributed by atoms with van der Waals surface area (Å²) in [7, 11) is 1.49. The molecule has 1 aromatic heterocycles. The quantitative estimate of drug-likeness (QED) is 0.345. The molecule has 3 rings (SSSR count). The molecule has 0 aliphatic rings. The van der Waals surface area contributed by atoms with Gasteiger partial charge < -0.3 is 19.3 Å². The number of carbonyl (C=O) groups is 1. The highest BCUT2D eigenvalue weighted by atomic mass is 32.1. The highest BCUT2D eigenvalue weighted by molar-refractivity contribution is 7.15. The number of carboxylic acids is 1. The summed E-state index contributed by atoms with van der Waals surface area (Å²) in [6, 6.07) is 10.1. The van der Waals surface area contributed by atoms with Crippen molar-refractivity contribution in [3.63, 3.8) is 0 Å². The summed E-state index contributed by atoms with van der Waals surface area (Å²) in [5.41, 5.74) is 1.28. The van der Waals surface area contributed by atoms with Gasteiger partial charge in [-0.3, -0.25) is 0 Å². The van der Waals surface area contributed by atoms with Crippen LogP contribution in [0.4, 0.5) is 13.2 Å². The van der Waals surface area contributed by atoms with E-state index in [1.54, 1.807) is 25.1 Å². The standard InChI is InChI=1S/C25H26F3NO5S/c1-5-33-21(24(30)31)12-17-8-11-19(13-20(17)32-4)34-15(3)22-14(2)29-23(35-22)16-6-9-18(10-7-16)25(26,27)28/h6-11,13,15,21H,5,12H2,1-4H3,(H,30,31)/t15-,21+/m1/s1. The fraction of sp³-hybridized carbons (Fsp3) is 0.360. The van der Waals surface area contributed by atoms with Gasteiger partial charge in [-0.05, 0) is 44.5 Å². The number of aromatic nitrogens is 1. The smallest absolute Gasteiger partial charge is 0.416 e. The Hall–Kier alpha value is -3.11. The van der Waals surface area contributed by atoms with Gasteiger partial charge in [0.1, 0.15) is 22.6 Å². The Labute approximate surface area is 205 Å². The molecule has 0 aliphatic heterocycles. The lowest BCUT2D eigenvalue weighted by molar-refractivity contribution is -0.150. The minimum atomic E-state index is -4.39. The SMILES string of the molecule is CCO[C@@H](Cc1ccc(O[C@H](C)c2sc(-c3ccc(C(F)(F)F)cc3)nc2C)cc1OC)C(=O)O. The number of aryl methyl sites for hydroxylation is 1. The number of hydrogen-bond donors (Lipinski definition) is 1. The van der Waals surface area contributed by atoms with E-state index in [0.29, 0.717) is 27.6 Å². The van der Waals surface area contributed by atoms with Crippen LogP contribution in [0.25, 0.3) is 10.6 Å². The Balaban J connectivity index is 1.77. The van der Waals surface area contributed by atoms with Crippen LogP contribution in [-0.4, -0.2) is 35.9 Å². The van der Waals surface area contributed by atoms with Crippen molar-refractivity contribution in [1.29, 1.82) is 0 Å². The molecule has 35 heavy (non-hydrogen) atoms. The molecule has 1 heterocycles. The van der Waals surface area contributed by atoms with Crippen LogP contribution in [-0.2, 0) is 22.1 Å². The molecular formula is C25H26F3NO5S. The van der Waals surface area contributed by atoms with E-state index in [1.165, 1.54) is 30.6 Å². The molecule has 6 nitrogen and oxygen atoms in total. The van der Waals surface area contributed by atoms with Crippen LogP contribution in [0.3, 0.4) is 0 Å². The summed E-state index contributed by atoms with van der Waals surface area (Å²) in [5.74, 6) is -0.0511. The molecule has 1 N–H and O–H groups in total. The van der Waals surface area contributed by atoms with Crippen LogP contribution in [0.15, 0.2) is 42.5 Å². The van der Waals surface area contributed by atoms with Gasteiger partial charge in [-0.2, -0.15) is 13.2 Å². The molecule has 3 aromatic rings. The summed E-state index contributed by atoms with van der Waals surface area (Å²) in [6.07, 6.45) is -5.62. The third-order valence-corrected chi connectivity index (χ3v) is 6.65. The molecule has 2 aromatic carbocycles. The number of nitrogens with zero attached hydrogens (tertiary/aromatic N) is 1. The number of halogens is 3. The van der Waals surface area contributed by atoms with E-state index in [4.69, 9.17) is 14.2 Å². The lowest BCUT2D eigenvalue weighted by Gasteiger charge is -2.18. The van der Waals surface area contributed by atoms with Gasteiger partial charge in [0.05, 0.1) is 23.2 Å². The van der Waals surface area contributed by atoms with Gasteiger partial charge in [0.2, 0.25) is 0 Å². The van der Waals surface area contributed by atoms with Crippen LogP contribution in [0.5, 0.6) is 11.5 Å². The molecular weight excluding hydrogens is 483 g/mol. The van der Waals surface area contributed by atoms with Crippen LogP contribution >= 0.6 is 11.3 Å². The summed E-state index contributed by atoms with van der Waals surface area (Å²) in [5, 5.41) is 9.95. The van der Waals surface area contributed by atoms with E-state index in [2.05, 4.69) is 4.98 Å². The Kier molecular flexibility index (Phi) is 8.39. The number of methoxy groups -OCH3 is 1. The second-order valence-electron chi connectivity index (χ2n) is 7.76. The monoisotopic (exact) mass is 509 g/mol. The number of alkyl halides is 3. The summed E-state index contributed by atoms with van der Waals surface area (Å²) in [6.45, 7) is 5.69. The lowest BCUT2D eigenvalue weighted by Crippen LogP contribution is -2.26. The fourth-order valence-corrected chi connectivity index (χ4v) is 4.61. The van der Waals surface area contributed by atoms with Gasteiger partial charge in [0.25, 0.3) is 0 Å². The molecule has 0 unspecified atom stereocenters. The number of rotatable bonds is 10. The first kappa shape index (κ1) is 26.5. The van der Waals surface area contributed by atoms with Crippen LogP contribution in [0, 0.1) is 6.92 Å². The van der Waals surface area contributed by atoms with E-state index in [-0.39, 0.29) is 19.1 Å². The van der Waals surface area contributed by atoms with Gasteiger partial charge in [-0.15, -0.1) is 11.3 Å². The number of benzene rings is 2. The maximum absolute atomic E-state index is 12.8. The third kappa shape index (κ3) is 6.52. The predicted molar refractivity (Wildman–Crippen MR) is 126 cm³/mol. The molecule has 2 atom stereocenters. The molecule has 10 heteroatoms. The van der Waals surface area contributed by atoms with Gasteiger partial charge in [0, 0.05) is 24.7 Å². The minimum Gasteiger partial charge on any atom is -0.496 e. The first-order chi connectivity index (χ1) is 16.5. The molecule has 0 fully saturated rings. The van der Waals surface area contributed by atoms with Crippen molar-refractivity contribution in [2.75, 3.05) is 13.7 Å². The van der Waals surface area contributed by atoms with E-state index < -0.39 is 23.8 Å². The van der Waals surface area contributed by atoms with Crippen molar-refractivity contribution >= 4 is 17.3 Å².